The maximum absolute atomic E-state index is 11.2. The monoisotopic (exact) mass is 216 g/mol. The van der Waals surface area contributed by atoms with E-state index in [9.17, 15) is 8.42 Å². The number of sulfone groups is 1. The first kappa shape index (κ1) is 11.5. The maximum atomic E-state index is 11.2. The second-order valence-corrected chi connectivity index (χ2v) is 5.96. The zero-order valence-electron chi connectivity index (χ0n) is 8.36. The lowest BCUT2D eigenvalue weighted by molar-refractivity contribution is 0.442. The highest BCUT2D eigenvalue weighted by molar-refractivity contribution is 7.91. The first-order chi connectivity index (χ1) is 6.57. The predicted octanol–water partition coefficient (Wildman–Crippen LogP) is 0.455. The molecule has 1 aliphatic rings. The number of nitriles is 1. The van der Waals surface area contributed by atoms with Crippen molar-refractivity contribution in [3.05, 3.63) is 0 Å². The van der Waals surface area contributed by atoms with Gasteiger partial charge in [0, 0.05) is 12.1 Å². The van der Waals surface area contributed by atoms with Crippen LogP contribution in [-0.4, -0.2) is 32.0 Å². The van der Waals surface area contributed by atoms with Crippen LogP contribution in [0.4, 0.5) is 0 Å². The van der Waals surface area contributed by atoms with E-state index in [2.05, 4.69) is 11.4 Å². The Balaban J connectivity index is 2.42. The molecular formula is C9H16N2O2S. The van der Waals surface area contributed by atoms with Gasteiger partial charge in [0.25, 0.3) is 0 Å². The van der Waals surface area contributed by atoms with Gasteiger partial charge in [-0.05, 0) is 12.8 Å². The standard InChI is InChI=1S/C9H16N2O2S/c1-2-8(3-5-10)11-9-4-6-14(12,13)7-9/h8-9,11H,2-4,6-7H2,1H3. The Morgan fingerprint density at radius 2 is 2.36 bits per heavy atom. The number of hydrogen-bond acceptors (Lipinski definition) is 4. The van der Waals surface area contributed by atoms with Gasteiger partial charge in [-0.3, -0.25) is 0 Å². The molecule has 0 bridgehead atoms. The third kappa shape index (κ3) is 3.28. The van der Waals surface area contributed by atoms with Crippen LogP contribution >= 0.6 is 0 Å². The molecule has 0 spiro atoms. The molecule has 1 aliphatic heterocycles. The van der Waals surface area contributed by atoms with Crippen LogP contribution in [-0.2, 0) is 9.84 Å². The van der Waals surface area contributed by atoms with E-state index >= 15 is 0 Å². The molecule has 0 aliphatic carbocycles. The minimum Gasteiger partial charge on any atom is -0.309 e. The quantitative estimate of drug-likeness (QED) is 0.741. The van der Waals surface area contributed by atoms with Crippen molar-refractivity contribution in [3.63, 3.8) is 0 Å². The molecule has 80 valence electrons. The van der Waals surface area contributed by atoms with Crippen LogP contribution in [0.15, 0.2) is 0 Å². The summed E-state index contributed by atoms with van der Waals surface area (Å²) < 4.78 is 22.3. The summed E-state index contributed by atoms with van der Waals surface area (Å²) in [4.78, 5) is 0. The molecule has 0 amide bonds. The summed E-state index contributed by atoms with van der Waals surface area (Å²) in [6.07, 6.45) is 2.00. The third-order valence-corrected chi connectivity index (χ3v) is 4.30. The van der Waals surface area contributed by atoms with E-state index in [1.54, 1.807) is 0 Å². The van der Waals surface area contributed by atoms with Crippen molar-refractivity contribution in [2.45, 2.75) is 38.3 Å². The highest BCUT2D eigenvalue weighted by Crippen LogP contribution is 2.13. The topological polar surface area (TPSA) is 70.0 Å². The molecule has 2 unspecified atom stereocenters. The second-order valence-electron chi connectivity index (χ2n) is 3.73. The van der Waals surface area contributed by atoms with Gasteiger partial charge in [0.15, 0.2) is 9.84 Å². The van der Waals surface area contributed by atoms with Crippen molar-refractivity contribution in [1.82, 2.24) is 5.32 Å². The molecule has 1 heterocycles. The Bertz CT molecular complexity index is 318. The highest BCUT2D eigenvalue weighted by Gasteiger charge is 2.28. The number of nitrogens with one attached hydrogen (secondary N) is 1. The third-order valence-electron chi connectivity index (χ3n) is 2.53. The van der Waals surface area contributed by atoms with Crippen LogP contribution in [0.1, 0.15) is 26.2 Å². The Kier molecular flexibility index (Phi) is 3.90. The van der Waals surface area contributed by atoms with Gasteiger partial charge in [-0.25, -0.2) is 8.42 Å². The van der Waals surface area contributed by atoms with Gasteiger partial charge in [-0.15, -0.1) is 0 Å². The molecule has 1 fully saturated rings. The summed E-state index contributed by atoms with van der Waals surface area (Å²) in [6.45, 7) is 2.00. The predicted molar refractivity (Wildman–Crippen MR) is 54.5 cm³/mol. The van der Waals surface area contributed by atoms with Crippen LogP contribution in [0.3, 0.4) is 0 Å². The number of hydrogen-bond donors (Lipinski definition) is 1. The molecule has 4 nitrogen and oxygen atoms in total. The average molecular weight is 216 g/mol. The fourth-order valence-electron chi connectivity index (χ4n) is 1.69. The van der Waals surface area contributed by atoms with E-state index in [-0.39, 0.29) is 23.6 Å². The Morgan fingerprint density at radius 1 is 1.64 bits per heavy atom. The molecule has 2 atom stereocenters. The molecule has 0 radical (unpaired) electrons. The van der Waals surface area contributed by atoms with Crippen molar-refractivity contribution in [2.24, 2.45) is 0 Å². The maximum Gasteiger partial charge on any atom is 0.151 e. The summed E-state index contributed by atoms with van der Waals surface area (Å²) in [5, 5.41) is 11.8. The summed E-state index contributed by atoms with van der Waals surface area (Å²) in [6, 6.07) is 2.29. The van der Waals surface area contributed by atoms with Crippen LogP contribution in [0, 0.1) is 11.3 Å². The molecule has 1 rings (SSSR count). The largest absolute Gasteiger partial charge is 0.309 e. The molecule has 0 aromatic heterocycles. The van der Waals surface area contributed by atoms with Crippen LogP contribution in [0.2, 0.25) is 0 Å². The fourth-order valence-corrected chi connectivity index (χ4v) is 3.38. The Hall–Kier alpha value is -0.600. The van der Waals surface area contributed by atoms with Crippen LogP contribution in [0.25, 0.3) is 0 Å². The molecule has 5 heteroatoms. The van der Waals surface area contributed by atoms with Crippen molar-refractivity contribution in [1.29, 1.82) is 5.26 Å². The summed E-state index contributed by atoms with van der Waals surface area (Å²) >= 11 is 0. The lowest BCUT2D eigenvalue weighted by atomic mass is 10.1. The SMILES string of the molecule is CCC(CC#N)NC1CCS(=O)(=O)C1. The van der Waals surface area contributed by atoms with Gasteiger partial charge in [-0.1, -0.05) is 6.92 Å². The molecule has 1 saturated heterocycles. The first-order valence-corrected chi connectivity index (χ1v) is 6.73. The first-order valence-electron chi connectivity index (χ1n) is 4.91. The van der Waals surface area contributed by atoms with E-state index in [0.29, 0.717) is 12.8 Å². The molecule has 1 N–H and O–H groups in total. The summed E-state index contributed by atoms with van der Waals surface area (Å²) in [5.41, 5.74) is 0. The van der Waals surface area contributed by atoms with Gasteiger partial charge in [0.1, 0.15) is 0 Å². The molecule has 0 aromatic carbocycles. The van der Waals surface area contributed by atoms with Gasteiger partial charge >= 0.3 is 0 Å². The molecular weight excluding hydrogens is 200 g/mol. The number of nitrogens with zero attached hydrogens (tertiary/aromatic N) is 1. The van der Waals surface area contributed by atoms with Crippen molar-refractivity contribution in [3.8, 4) is 6.07 Å². The lowest BCUT2D eigenvalue weighted by Crippen LogP contribution is -2.38. The van der Waals surface area contributed by atoms with E-state index < -0.39 is 9.84 Å². The van der Waals surface area contributed by atoms with Crippen LogP contribution < -0.4 is 5.32 Å². The lowest BCUT2D eigenvalue weighted by Gasteiger charge is -2.18. The minimum absolute atomic E-state index is 0.0540. The summed E-state index contributed by atoms with van der Waals surface area (Å²) in [7, 11) is -2.81. The average Bonchev–Trinajstić information content (AvgIpc) is 2.45. The van der Waals surface area contributed by atoms with E-state index in [1.807, 2.05) is 6.92 Å². The van der Waals surface area contributed by atoms with E-state index in [4.69, 9.17) is 5.26 Å². The second kappa shape index (κ2) is 4.76. The van der Waals surface area contributed by atoms with Crippen LogP contribution in [0.5, 0.6) is 0 Å². The van der Waals surface area contributed by atoms with Crippen molar-refractivity contribution >= 4 is 9.84 Å². The van der Waals surface area contributed by atoms with Gasteiger partial charge < -0.3 is 5.32 Å². The van der Waals surface area contributed by atoms with Gasteiger partial charge in [-0.2, -0.15) is 5.26 Å². The van der Waals surface area contributed by atoms with E-state index in [1.165, 1.54) is 0 Å². The molecule has 0 saturated carbocycles. The Labute approximate surface area is 85.2 Å². The normalized spacial score (nSPS) is 27.0. The fraction of sp³-hybridized carbons (Fsp3) is 0.889. The van der Waals surface area contributed by atoms with Crippen molar-refractivity contribution in [2.75, 3.05) is 11.5 Å². The highest BCUT2D eigenvalue weighted by atomic mass is 32.2. The number of rotatable bonds is 4. The summed E-state index contributed by atoms with van der Waals surface area (Å²) in [5.74, 6) is 0.516. The zero-order valence-corrected chi connectivity index (χ0v) is 9.18. The zero-order chi connectivity index (χ0) is 10.6. The van der Waals surface area contributed by atoms with Crippen molar-refractivity contribution < 1.29 is 8.42 Å². The van der Waals surface area contributed by atoms with Gasteiger partial charge in [0.05, 0.1) is 24.0 Å². The van der Waals surface area contributed by atoms with Gasteiger partial charge in [0.2, 0.25) is 0 Å². The molecule has 0 aromatic rings. The smallest absolute Gasteiger partial charge is 0.151 e. The Morgan fingerprint density at radius 3 is 2.79 bits per heavy atom. The van der Waals surface area contributed by atoms with E-state index in [0.717, 1.165) is 6.42 Å². The minimum atomic E-state index is -2.81. The molecule has 14 heavy (non-hydrogen) atoms.